The standard InChI is InChI=1S/C17H21BrN2O4/c1-2-19-8-6-17(7-9-19)20(14(11-24-17)16(22)23)15(21)12-4-3-5-13(18)10-12/h3-5,10,14H,2,6-9,11H2,1H3,(H,22,23)/t14-/m1/s1. The summed E-state index contributed by atoms with van der Waals surface area (Å²) in [4.78, 5) is 28.5. The van der Waals surface area contributed by atoms with Crippen LogP contribution >= 0.6 is 15.9 Å². The predicted octanol–water partition coefficient (Wildman–Crippen LogP) is 2.19. The summed E-state index contributed by atoms with van der Waals surface area (Å²) in [5, 5.41) is 9.55. The Morgan fingerprint density at radius 2 is 2.08 bits per heavy atom. The van der Waals surface area contributed by atoms with Crippen molar-refractivity contribution in [3.8, 4) is 0 Å². The van der Waals surface area contributed by atoms with E-state index < -0.39 is 17.7 Å². The third-order valence-electron chi connectivity index (χ3n) is 4.92. The van der Waals surface area contributed by atoms with Crippen molar-refractivity contribution < 1.29 is 19.4 Å². The summed E-state index contributed by atoms with van der Waals surface area (Å²) in [5.74, 6) is -1.31. The van der Waals surface area contributed by atoms with Crippen molar-refractivity contribution in [3.05, 3.63) is 34.3 Å². The minimum Gasteiger partial charge on any atom is -0.480 e. The van der Waals surface area contributed by atoms with E-state index >= 15 is 0 Å². The van der Waals surface area contributed by atoms with Crippen molar-refractivity contribution in [2.45, 2.75) is 31.5 Å². The number of rotatable bonds is 3. The number of carbonyl (C=O) groups is 2. The average molecular weight is 397 g/mol. The largest absolute Gasteiger partial charge is 0.480 e. The Labute approximate surface area is 149 Å². The zero-order valence-electron chi connectivity index (χ0n) is 13.6. The molecule has 1 amide bonds. The Balaban J connectivity index is 1.92. The van der Waals surface area contributed by atoms with Gasteiger partial charge in [0.15, 0.2) is 6.04 Å². The van der Waals surface area contributed by atoms with Gasteiger partial charge in [-0.3, -0.25) is 9.69 Å². The molecule has 1 atom stereocenters. The van der Waals surface area contributed by atoms with Gasteiger partial charge in [-0.1, -0.05) is 28.9 Å². The van der Waals surface area contributed by atoms with Gasteiger partial charge in [0.2, 0.25) is 0 Å². The first-order valence-electron chi connectivity index (χ1n) is 8.15. The number of halogens is 1. The number of carboxylic acids is 1. The highest BCUT2D eigenvalue weighted by atomic mass is 79.9. The first-order valence-corrected chi connectivity index (χ1v) is 8.94. The normalized spacial score (nSPS) is 23.6. The molecule has 1 spiro atoms. The van der Waals surface area contributed by atoms with Crippen molar-refractivity contribution in [1.29, 1.82) is 0 Å². The van der Waals surface area contributed by atoms with Gasteiger partial charge >= 0.3 is 5.97 Å². The maximum absolute atomic E-state index is 13.1. The Kier molecular flexibility index (Phi) is 4.94. The van der Waals surface area contributed by atoms with E-state index in [9.17, 15) is 14.7 Å². The van der Waals surface area contributed by atoms with Crippen LogP contribution < -0.4 is 0 Å². The van der Waals surface area contributed by atoms with Crippen molar-refractivity contribution in [3.63, 3.8) is 0 Å². The van der Waals surface area contributed by atoms with E-state index in [0.717, 1.165) is 24.1 Å². The molecule has 0 saturated carbocycles. The Bertz CT molecular complexity index is 643. The molecule has 0 aromatic heterocycles. The fourth-order valence-corrected chi connectivity index (χ4v) is 3.93. The van der Waals surface area contributed by atoms with Crippen molar-refractivity contribution in [2.24, 2.45) is 0 Å². The Morgan fingerprint density at radius 3 is 2.67 bits per heavy atom. The SMILES string of the molecule is CCN1CCC2(CC1)OC[C@H](C(=O)O)N2C(=O)c1cccc(Br)c1. The number of hydrogen-bond acceptors (Lipinski definition) is 4. The second kappa shape index (κ2) is 6.82. The molecule has 1 aromatic rings. The van der Waals surface area contributed by atoms with E-state index in [1.165, 1.54) is 4.90 Å². The fourth-order valence-electron chi connectivity index (χ4n) is 3.53. The third kappa shape index (κ3) is 3.08. The zero-order chi connectivity index (χ0) is 17.3. The van der Waals surface area contributed by atoms with E-state index in [1.54, 1.807) is 18.2 Å². The third-order valence-corrected chi connectivity index (χ3v) is 5.41. The van der Waals surface area contributed by atoms with Crippen LogP contribution in [0.3, 0.4) is 0 Å². The molecule has 2 aliphatic heterocycles. The highest BCUT2D eigenvalue weighted by Gasteiger charge is 2.53. The van der Waals surface area contributed by atoms with E-state index in [0.29, 0.717) is 18.4 Å². The van der Waals surface area contributed by atoms with Gasteiger partial charge in [-0.25, -0.2) is 4.79 Å². The molecular formula is C17H21BrN2O4. The van der Waals surface area contributed by atoms with Crippen LogP contribution in [0.25, 0.3) is 0 Å². The molecule has 2 aliphatic rings. The van der Waals surface area contributed by atoms with Gasteiger partial charge in [0.25, 0.3) is 5.91 Å². The molecule has 1 aromatic carbocycles. The van der Waals surface area contributed by atoms with Crippen molar-refractivity contribution >= 4 is 27.8 Å². The molecule has 1 N–H and O–H groups in total. The molecule has 130 valence electrons. The van der Waals surface area contributed by atoms with Crippen molar-refractivity contribution in [1.82, 2.24) is 9.80 Å². The second-order valence-electron chi connectivity index (χ2n) is 6.23. The lowest BCUT2D eigenvalue weighted by Gasteiger charge is -2.44. The molecule has 0 bridgehead atoms. The summed E-state index contributed by atoms with van der Waals surface area (Å²) in [6, 6.07) is 6.09. The summed E-state index contributed by atoms with van der Waals surface area (Å²) < 4.78 is 6.71. The van der Waals surface area contributed by atoms with Crippen LogP contribution in [0.1, 0.15) is 30.1 Å². The lowest BCUT2D eigenvalue weighted by Crippen LogP contribution is -2.58. The number of ether oxygens (including phenoxy) is 1. The van der Waals surface area contributed by atoms with E-state index in [1.807, 2.05) is 6.07 Å². The molecular weight excluding hydrogens is 376 g/mol. The van der Waals surface area contributed by atoms with Gasteiger partial charge in [0.1, 0.15) is 5.72 Å². The van der Waals surface area contributed by atoms with Gasteiger partial charge in [-0.2, -0.15) is 0 Å². The van der Waals surface area contributed by atoms with Gasteiger partial charge in [-0.05, 0) is 24.7 Å². The number of carbonyl (C=O) groups excluding carboxylic acids is 1. The molecule has 3 rings (SSSR count). The number of hydrogen-bond donors (Lipinski definition) is 1. The first kappa shape index (κ1) is 17.4. The van der Waals surface area contributed by atoms with Gasteiger partial charge in [0.05, 0.1) is 6.61 Å². The molecule has 24 heavy (non-hydrogen) atoms. The maximum atomic E-state index is 13.1. The molecule has 2 saturated heterocycles. The number of likely N-dealkylation sites (tertiary alicyclic amines) is 1. The lowest BCUT2D eigenvalue weighted by atomic mass is 9.97. The molecule has 0 radical (unpaired) electrons. The van der Waals surface area contributed by atoms with E-state index in [-0.39, 0.29) is 12.5 Å². The van der Waals surface area contributed by atoms with Crippen LogP contribution in [0.4, 0.5) is 0 Å². The quantitative estimate of drug-likeness (QED) is 0.847. The molecule has 2 fully saturated rings. The Morgan fingerprint density at radius 1 is 1.38 bits per heavy atom. The minimum atomic E-state index is -1.02. The zero-order valence-corrected chi connectivity index (χ0v) is 15.2. The molecule has 7 heteroatoms. The highest BCUT2D eigenvalue weighted by Crippen LogP contribution is 2.38. The van der Waals surface area contributed by atoms with Gasteiger partial charge in [0, 0.05) is 36.0 Å². The number of benzene rings is 1. The monoisotopic (exact) mass is 396 g/mol. The van der Waals surface area contributed by atoms with Crippen LogP contribution in [0.15, 0.2) is 28.7 Å². The summed E-state index contributed by atoms with van der Waals surface area (Å²) >= 11 is 3.36. The fraction of sp³-hybridized carbons (Fsp3) is 0.529. The smallest absolute Gasteiger partial charge is 0.328 e. The minimum absolute atomic E-state index is 0.0429. The molecule has 2 heterocycles. The molecule has 0 aliphatic carbocycles. The number of piperidine rings is 1. The number of carboxylic acid groups (broad SMARTS) is 1. The van der Waals surface area contributed by atoms with Crippen LogP contribution in [-0.4, -0.2) is 64.8 Å². The summed E-state index contributed by atoms with van der Waals surface area (Å²) in [5.41, 5.74) is -0.341. The number of amides is 1. The maximum Gasteiger partial charge on any atom is 0.328 e. The van der Waals surface area contributed by atoms with Crippen LogP contribution in [0.2, 0.25) is 0 Å². The second-order valence-corrected chi connectivity index (χ2v) is 7.15. The Hall–Kier alpha value is -1.44. The lowest BCUT2D eigenvalue weighted by molar-refractivity contribution is -0.143. The average Bonchev–Trinajstić information content (AvgIpc) is 2.94. The van der Waals surface area contributed by atoms with Gasteiger partial charge in [-0.15, -0.1) is 0 Å². The van der Waals surface area contributed by atoms with Crippen LogP contribution in [0, 0.1) is 0 Å². The number of aliphatic carboxylic acids is 1. The van der Waals surface area contributed by atoms with Crippen LogP contribution in [-0.2, 0) is 9.53 Å². The number of nitrogens with zero attached hydrogens (tertiary/aromatic N) is 2. The van der Waals surface area contributed by atoms with E-state index in [4.69, 9.17) is 4.74 Å². The molecule has 0 unspecified atom stereocenters. The predicted molar refractivity (Wildman–Crippen MR) is 91.8 cm³/mol. The van der Waals surface area contributed by atoms with Crippen LogP contribution in [0.5, 0.6) is 0 Å². The molecule has 6 nitrogen and oxygen atoms in total. The summed E-state index contributed by atoms with van der Waals surface area (Å²) in [6.07, 6.45) is 1.26. The topological polar surface area (TPSA) is 70.1 Å². The van der Waals surface area contributed by atoms with Gasteiger partial charge < -0.3 is 14.7 Å². The highest BCUT2D eigenvalue weighted by molar-refractivity contribution is 9.10. The summed E-state index contributed by atoms with van der Waals surface area (Å²) in [7, 11) is 0. The van der Waals surface area contributed by atoms with E-state index in [2.05, 4.69) is 27.8 Å². The first-order chi connectivity index (χ1) is 11.5. The van der Waals surface area contributed by atoms with Crippen molar-refractivity contribution in [2.75, 3.05) is 26.2 Å². The summed E-state index contributed by atoms with van der Waals surface area (Å²) in [6.45, 7) is 4.67.